The summed E-state index contributed by atoms with van der Waals surface area (Å²) in [7, 11) is 0. The predicted molar refractivity (Wildman–Crippen MR) is 57.6 cm³/mol. The first-order valence-corrected chi connectivity index (χ1v) is 4.49. The molecule has 0 amide bonds. The fourth-order valence-electron chi connectivity index (χ4n) is 1.48. The first-order chi connectivity index (χ1) is 7.58. The first-order valence-electron chi connectivity index (χ1n) is 4.49. The van der Waals surface area contributed by atoms with Gasteiger partial charge in [-0.05, 0) is 29.0 Å². The molecule has 16 heavy (non-hydrogen) atoms. The van der Waals surface area contributed by atoms with Gasteiger partial charge in [0.1, 0.15) is 0 Å². The van der Waals surface area contributed by atoms with E-state index in [4.69, 9.17) is 5.11 Å². The van der Waals surface area contributed by atoms with Gasteiger partial charge in [0.2, 0.25) is 0 Å². The van der Waals surface area contributed by atoms with Gasteiger partial charge in [0.05, 0.1) is 10.5 Å². The number of carboxylic acid groups (broad SMARTS) is 1. The van der Waals surface area contributed by atoms with Crippen LogP contribution in [-0.2, 0) is 0 Å². The summed E-state index contributed by atoms with van der Waals surface area (Å²) in [6.45, 7) is 0. The lowest BCUT2D eigenvalue weighted by Gasteiger charge is -1.99. The number of nitro benzene ring substituents is 1. The molecule has 5 heteroatoms. The molecule has 0 aromatic heterocycles. The number of carbonyl (C=O) groups is 1. The van der Waals surface area contributed by atoms with E-state index in [1.165, 1.54) is 24.3 Å². The number of nitrogens with zero attached hydrogens (tertiary/aromatic N) is 1. The number of fused-ring (bicyclic) bond motifs is 1. The zero-order valence-corrected chi connectivity index (χ0v) is 8.08. The molecular formula is C11H7NO4. The normalized spacial score (nSPS) is 10.2. The second kappa shape index (κ2) is 3.62. The Hall–Kier alpha value is -2.43. The Morgan fingerprint density at radius 1 is 1.12 bits per heavy atom. The number of rotatable bonds is 2. The summed E-state index contributed by atoms with van der Waals surface area (Å²) in [5.41, 5.74) is 0.164. The van der Waals surface area contributed by atoms with E-state index in [0.717, 1.165) is 0 Å². The maximum Gasteiger partial charge on any atom is 0.335 e. The van der Waals surface area contributed by atoms with Gasteiger partial charge in [0.25, 0.3) is 5.69 Å². The van der Waals surface area contributed by atoms with Crippen molar-refractivity contribution in [3.63, 3.8) is 0 Å². The molecular weight excluding hydrogens is 210 g/mol. The van der Waals surface area contributed by atoms with Gasteiger partial charge in [-0.15, -0.1) is 0 Å². The van der Waals surface area contributed by atoms with Crippen LogP contribution in [-0.4, -0.2) is 16.0 Å². The van der Waals surface area contributed by atoms with E-state index in [-0.39, 0.29) is 11.3 Å². The van der Waals surface area contributed by atoms with Crippen LogP contribution in [0.15, 0.2) is 36.4 Å². The molecule has 0 aliphatic carbocycles. The minimum Gasteiger partial charge on any atom is -0.478 e. The Bertz CT molecular complexity index is 538. The first kappa shape index (κ1) is 10.1. The molecule has 2 rings (SSSR count). The smallest absolute Gasteiger partial charge is 0.335 e. The van der Waals surface area contributed by atoms with Gasteiger partial charge >= 0.3 is 5.97 Å². The minimum absolute atomic E-state index is 0.00410. The zero-order valence-electron chi connectivity index (χ0n) is 8.08. The van der Waals surface area contributed by atoms with Gasteiger partial charge in [-0.3, -0.25) is 10.1 Å². The Balaban J connectivity index is 2.61. The van der Waals surface area contributed by atoms with E-state index in [2.05, 4.69) is 0 Å². The highest BCUT2D eigenvalue weighted by Gasteiger charge is 2.08. The zero-order chi connectivity index (χ0) is 11.7. The van der Waals surface area contributed by atoms with Gasteiger partial charge in [-0.1, -0.05) is 6.07 Å². The number of hydrogen-bond donors (Lipinski definition) is 1. The highest BCUT2D eigenvalue weighted by atomic mass is 16.6. The molecule has 0 aliphatic heterocycles. The van der Waals surface area contributed by atoms with Crippen molar-refractivity contribution in [1.29, 1.82) is 0 Å². The SMILES string of the molecule is O=C(O)c1ccc2cc([N+](=O)[O-])ccc2c1. The van der Waals surface area contributed by atoms with E-state index in [1.54, 1.807) is 12.1 Å². The van der Waals surface area contributed by atoms with Crippen molar-refractivity contribution < 1.29 is 14.8 Å². The van der Waals surface area contributed by atoms with Gasteiger partial charge in [-0.2, -0.15) is 0 Å². The largest absolute Gasteiger partial charge is 0.478 e. The van der Waals surface area contributed by atoms with Crippen molar-refractivity contribution in [1.82, 2.24) is 0 Å². The van der Waals surface area contributed by atoms with Crippen molar-refractivity contribution in [2.45, 2.75) is 0 Å². The van der Waals surface area contributed by atoms with E-state index in [9.17, 15) is 14.9 Å². The molecule has 80 valence electrons. The number of aromatic carboxylic acids is 1. The van der Waals surface area contributed by atoms with Crippen molar-refractivity contribution in [2.24, 2.45) is 0 Å². The van der Waals surface area contributed by atoms with Gasteiger partial charge in [-0.25, -0.2) is 4.79 Å². The average Bonchev–Trinajstić information content (AvgIpc) is 2.27. The van der Waals surface area contributed by atoms with Crippen LogP contribution >= 0.6 is 0 Å². The summed E-state index contributed by atoms with van der Waals surface area (Å²) in [4.78, 5) is 20.8. The van der Waals surface area contributed by atoms with Crippen LogP contribution in [0.25, 0.3) is 10.8 Å². The molecule has 5 nitrogen and oxygen atoms in total. The lowest BCUT2D eigenvalue weighted by Crippen LogP contribution is -1.95. The quantitative estimate of drug-likeness (QED) is 0.618. The van der Waals surface area contributed by atoms with E-state index >= 15 is 0 Å². The Morgan fingerprint density at radius 2 is 1.75 bits per heavy atom. The number of hydrogen-bond acceptors (Lipinski definition) is 3. The molecule has 0 heterocycles. The van der Waals surface area contributed by atoms with Crippen LogP contribution in [0.5, 0.6) is 0 Å². The lowest BCUT2D eigenvalue weighted by molar-refractivity contribution is -0.384. The van der Waals surface area contributed by atoms with Crippen LogP contribution in [0.2, 0.25) is 0 Å². The number of benzene rings is 2. The third kappa shape index (κ3) is 1.70. The van der Waals surface area contributed by atoms with Crippen LogP contribution in [0.3, 0.4) is 0 Å². The highest BCUT2D eigenvalue weighted by molar-refractivity contribution is 5.94. The molecule has 0 atom stereocenters. The lowest BCUT2D eigenvalue weighted by atomic mass is 10.1. The van der Waals surface area contributed by atoms with Crippen molar-refractivity contribution in [2.75, 3.05) is 0 Å². The monoisotopic (exact) mass is 217 g/mol. The molecule has 2 aromatic rings. The van der Waals surface area contributed by atoms with Crippen molar-refractivity contribution in [3.8, 4) is 0 Å². The molecule has 0 spiro atoms. The maximum absolute atomic E-state index is 10.7. The molecule has 0 aliphatic rings. The van der Waals surface area contributed by atoms with Crippen molar-refractivity contribution >= 4 is 22.4 Å². The molecule has 0 saturated heterocycles. The minimum atomic E-state index is -1.01. The molecule has 0 saturated carbocycles. The van der Waals surface area contributed by atoms with E-state index in [0.29, 0.717) is 10.8 Å². The molecule has 1 N–H and O–H groups in total. The van der Waals surface area contributed by atoms with Crippen LogP contribution < -0.4 is 0 Å². The third-order valence-electron chi connectivity index (χ3n) is 2.28. The fraction of sp³-hybridized carbons (Fsp3) is 0. The maximum atomic E-state index is 10.7. The standard InChI is InChI=1S/C11H7NO4/c13-11(14)9-2-1-8-6-10(12(15)16)4-3-7(8)5-9/h1-6H,(H,13,14). The fourth-order valence-corrected chi connectivity index (χ4v) is 1.48. The summed E-state index contributed by atoms with van der Waals surface area (Å²) in [5, 5.41) is 20.6. The summed E-state index contributed by atoms with van der Waals surface area (Å²) >= 11 is 0. The Morgan fingerprint density at radius 3 is 2.38 bits per heavy atom. The third-order valence-corrected chi connectivity index (χ3v) is 2.28. The number of nitro groups is 1. The summed E-state index contributed by atoms with van der Waals surface area (Å²) < 4.78 is 0. The summed E-state index contributed by atoms with van der Waals surface area (Å²) in [5.74, 6) is -1.01. The Kier molecular flexibility index (Phi) is 2.28. The van der Waals surface area contributed by atoms with Crippen LogP contribution in [0, 0.1) is 10.1 Å². The van der Waals surface area contributed by atoms with Gasteiger partial charge < -0.3 is 5.11 Å². The number of non-ortho nitro benzene ring substituents is 1. The molecule has 0 radical (unpaired) electrons. The molecule has 0 fully saturated rings. The Labute approximate surface area is 90.1 Å². The van der Waals surface area contributed by atoms with Crippen LogP contribution in [0.4, 0.5) is 5.69 Å². The molecule has 0 bridgehead atoms. The van der Waals surface area contributed by atoms with Crippen LogP contribution in [0.1, 0.15) is 10.4 Å². The second-order valence-corrected chi connectivity index (χ2v) is 3.31. The predicted octanol–water partition coefficient (Wildman–Crippen LogP) is 2.45. The van der Waals surface area contributed by atoms with Gasteiger partial charge in [0, 0.05) is 12.1 Å². The summed E-state index contributed by atoms with van der Waals surface area (Å²) in [6.07, 6.45) is 0. The topological polar surface area (TPSA) is 80.4 Å². The second-order valence-electron chi connectivity index (χ2n) is 3.31. The summed E-state index contributed by atoms with van der Waals surface area (Å²) in [6, 6.07) is 8.79. The average molecular weight is 217 g/mol. The molecule has 0 unspecified atom stereocenters. The van der Waals surface area contributed by atoms with Gasteiger partial charge in [0.15, 0.2) is 0 Å². The van der Waals surface area contributed by atoms with E-state index < -0.39 is 10.9 Å². The molecule has 2 aromatic carbocycles. The number of carboxylic acids is 1. The van der Waals surface area contributed by atoms with Crippen molar-refractivity contribution in [3.05, 3.63) is 52.1 Å². The van der Waals surface area contributed by atoms with E-state index in [1.807, 2.05) is 0 Å². The highest BCUT2D eigenvalue weighted by Crippen LogP contribution is 2.21.